The van der Waals surface area contributed by atoms with E-state index in [1.165, 1.54) is 25.3 Å². The van der Waals surface area contributed by atoms with Crippen LogP contribution in [0.1, 0.15) is 21.6 Å². The Balaban J connectivity index is 2.37. The predicted octanol–water partition coefficient (Wildman–Crippen LogP) is 1.55. The molecular formula is C12H12ClN3O4S. The lowest BCUT2D eigenvalue weighted by molar-refractivity contribution is 0.0696. The van der Waals surface area contributed by atoms with E-state index in [1.807, 2.05) is 0 Å². The summed E-state index contributed by atoms with van der Waals surface area (Å²) in [6.07, 6.45) is 1.50. The van der Waals surface area contributed by atoms with Gasteiger partial charge in [0.05, 0.1) is 22.7 Å². The first-order valence-corrected chi connectivity index (χ1v) is 7.69. The number of aromatic carboxylic acids is 1. The van der Waals surface area contributed by atoms with Gasteiger partial charge in [-0.1, -0.05) is 11.6 Å². The number of aromatic amines is 1. The molecule has 0 amide bonds. The molecule has 1 aromatic carbocycles. The van der Waals surface area contributed by atoms with Gasteiger partial charge >= 0.3 is 5.97 Å². The number of carboxylic acids is 1. The van der Waals surface area contributed by atoms with Crippen LogP contribution in [0.2, 0.25) is 5.02 Å². The second-order valence-electron chi connectivity index (χ2n) is 4.29. The Morgan fingerprint density at radius 2 is 2.19 bits per heavy atom. The molecular weight excluding hydrogens is 318 g/mol. The highest BCUT2D eigenvalue weighted by Crippen LogP contribution is 2.24. The Morgan fingerprint density at radius 3 is 2.76 bits per heavy atom. The first kappa shape index (κ1) is 15.5. The number of hydrogen-bond donors (Lipinski definition) is 3. The Morgan fingerprint density at radius 1 is 1.48 bits per heavy atom. The van der Waals surface area contributed by atoms with Crippen molar-refractivity contribution in [1.29, 1.82) is 0 Å². The lowest BCUT2D eigenvalue weighted by Gasteiger charge is -2.11. The van der Waals surface area contributed by atoms with Gasteiger partial charge in [-0.3, -0.25) is 5.10 Å². The number of hydrogen-bond acceptors (Lipinski definition) is 4. The lowest BCUT2D eigenvalue weighted by atomic mass is 10.1. The van der Waals surface area contributed by atoms with Crippen molar-refractivity contribution >= 4 is 27.6 Å². The second-order valence-corrected chi connectivity index (χ2v) is 6.46. The first-order valence-electron chi connectivity index (χ1n) is 5.82. The molecule has 3 N–H and O–H groups in total. The van der Waals surface area contributed by atoms with E-state index < -0.39 is 16.0 Å². The number of H-pyrrole nitrogens is 1. The fourth-order valence-corrected chi connectivity index (χ4v) is 3.37. The molecule has 0 aliphatic rings. The molecule has 1 heterocycles. The third-order valence-electron chi connectivity index (χ3n) is 2.86. The number of carboxylic acid groups (broad SMARTS) is 1. The highest BCUT2D eigenvalue weighted by atomic mass is 35.5. The standard InChI is InChI=1S/C12H12ClN3O4S/c1-7-10(12(17)18)4-8(13)5-11(7)21(19,20)15-6-9-2-3-14-16-9/h2-5,15H,6H2,1H3,(H,14,16)(H,17,18). The number of carbonyl (C=O) groups is 1. The Hall–Kier alpha value is -1.90. The summed E-state index contributed by atoms with van der Waals surface area (Å²) >= 11 is 5.80. The smallest absolute Gasteiger partial charge is 0.336 e. The van der Waals surface area contributed by atoms with Gasteiger partial charge in [0.1, 0.15) is 0 Å². The van der Waals surface area contributed by atoms with Crippen molar-refractivity contribution in [2.75, 3.05) is 0 Å². The molecule has 9 heteroatoms. The molecule has 7 nitrogen and oxygen atoms in total. The fourth-order valence-electron chi connectivity index (χ4n) is 1.79. The van der Waals surface area contributed by atoms with Crippen molar-refractivity contribution < 1.29 is 18.3 Å². The lowest BCUT2D eigenvalue weighted by Crippen LogP contribution is -2.25. The number of nitrogens with one attached hydrogen (secondary N) is 2. The van der Waals surface area contributed by atoms with Gasteiger partial charge in [-0.2, -0.15) is 5.10 Å². The summed E-state index contributed by atoms with van der Waals surface area (Å²) in [5, 5.41) is 15.4. The SMILES string of the molecule is Cc1c(C(=O)O)cc(Cl)cc1S(=O)(=O)NCc1ccn[nH]1. The van der Waals surface area contributed by atoms with Crippen molar-refractivity contribution in [2.24, 2.45) is 0 Å². The third kappa shape index (κ3) is 3.41. The van der Waals surface area contributed by atoms with Crippen LogP contribution in [0.15, 0.2) is 29.3 Å². The van der Waals surface area contributed by atoms with E-state index >= 15 is 0 Å². The van der Waals surface area contributed by atoms with Crippen molar-refractivity contribution in [2.45, 2.75) is 18.4 Å². The summed E-state index contributed by atoms with van der Waals surface area (Å²) in [4.78, 5) is 11.0. The summed E-state index contributed by atoms with van der Waals surface area (Å²) in [7, 11) is -3.89. The van der Waals surface area contributed by atoms with Crippen LogP contribution in [0.3, 0.4) is 0 Å². The van der Waals surface area contributed by atoms with E-state index in [9.17, 15) is 13.2 Å². The van der Waals surface area contributed by atoms with E-state index in [-0.39, 0.29) is 27.6 Å². The molecule has 0 fully saturated rings. The van der Waals surface area contributed by atoms with Crippen LogP contribution in [0, 0.1) is 6.92 Å². The van der Waals surface area contributed by atoms with E-state index in [1.54, 1.807) is 6.07 Å². The zero-order valence-electron chi connectivity index (χ0n) is 10.9. The number of halogens is 1. The number of nitrogens with zero attached hydrogens (tertiary/aromatic N) is 1. The monoisotopic (exact) mass is 329 g/mol. The molecule has 0 radical (unpaired) electrons. The van der Waals surface area contributed by atoms with Gasteiger partial charge in [0, 0.05) is 11.2 Å². The van der Waals surface area contributed by atoms with Gasteiger partial charge in [-0.05, 0) is 30.7 Å². The molecule has 0 spiro atoms. The van der Waals surface area contributed by atoms with Gasteiger partial charge in [0.2, 0.25) is 10.0 Å². The van der Waals surface area contributed by atoms with Gasteiger partial charge in [-0.15, -0.1) is 0 Å². The van der Waals surface area contributed by atoms with Crippen LogP contribution in [0.5, 0.6) is 0 Å². The quantitative estimate of drug-likeness (QED) is 0.770. The topological polar surface area (TPSA) is 112 Å². The Kier molecular flexibility index (Phi) is 4.31. The van der Waals surface area contributed by atoms with Gasteiger partial charge < -0.3 is 5.11 Å². The minimum atomic E-state index is -3.89. The maximum Gasteiger partial charge on any atom is 0.336 e. The van der Waals surface area contributed by atoms with Crippen LogP contribution >= 0.6 is 11.6 Å². The summed E-state index contributed by atoms with van der Waals surface area (Å²) in [6, 6.07) is 4.06. The average Bonchev–Trinajstić information content (AvgIpc) is 2.91. The van der Waals surface area contributed by atoms with E-state index in [0.29, 0.717) is 5.69 Å². The third-order valence-corrected chi connectivity index (χ3v) is 4.60. The van der Waals surface area contributed by atoms with Crippen LogP contribution in [-0.2, 0) is 16.6 Å². The van der Waals surface area contributed by atoms with Crippen LogP contribution in [-0.4, -0.2) is 29.7 Å². The first-order chi connectivity index (χ1) is 9.81. The number of benzene rings is 1. The molecule has 0 aliphatic heterocycles. The van der Waals surface area contributed by atoms with E-state index in [2.05, 4.69) is 14.9 Å². The Bertz CT molecular complexity index is 772. The minimum Gasteiger partial charge on any atom is -0.478 e. The summed E-state index contributed by atoms with van der Waals surface area (Å²) in [5.74, 6) is -1.24. The molecule has 2 rings (SSSR count). The molecule has 112 valence electrons. The maximum absolute atomic E-state index is 12.3. The average molecular weight is 330 g/mol. The summed E-state index contributed by atoms with van der Waals surface area (Å²) in [6.45, 7) is 1.43. The predicted molar refractivity (Wildman–Crippen MR) is 75.8 cm³/mol. The van der Waals surface area contributed by atoms with Crippen LogP contribution in [0.4, 0.5) is 0 Å². The molecule has 21 heavy (non-hydrogen) atoms. The molecule has 0 bridgehead atoms. The molecule has 0 saturated heterocycles. The summed E-state index contributed by atoms with van der Waals surface area (Å²) < 4.78 is 26.9. The van der Waals surface area contributed by atoms with Crippen molar-refractivity contribution in [3.63, 3.8) is 0 Å². The number of aromatic nitrogens is 2. The van der Waals surface area contributed by atoms with E-state index in [0.717, 1.165) is 0 Å². The zero-order chi connectivity index (χ0) is 15.6. The van der Waals surface area contributed by atoms with Crippen molar-refractivity contribution in [1.82, 2.24) is 14.9 Å². The van der Waals surface area contributed by atoms with Crippen LogP contribution < -0.4 is 4.72 Å². The van der Waals surface area contributed by atoms with Gasteiger partial charge in [-0.25, -0.2) is 17.9 Å². The second kappa shape index (κ2) is 5.84. The van der Waals surface area contributed by atoms with Gasteiger partial charge in [0.25, 0.3) is 0 Å². The maximum atomic E-state index is 12.3. The molecule has 1 aromatic heterocycles. The normalized spacial score (nSPS) is 11.5. The zero-order valence-corrected chi connectivity index (χ0v) is 12.5. The van der Waals surface area contributed by atoms with Crippen LogP contribution in [0.25, 0.3) is 0 Å². The van der Waals surface area contributed by atoms with E-state index in [4.69, 9.17) is 16.7 Å². The fraction of sp³-hybridized carbons (Fsp3) is 0.167. The molecule has 0 unspecified atom stereocenters. The van der Waals surface area contributed by atoms with Gasteiger partial charge in [0.15, 0.2) is 0 Å². The molecule has 0 atom stereocenters. The number of sulfonamides is 1. The number of rotatable bonds is 5. The highest BCUT2D eigenvalue weighted by Gasteiger charge is 2.22. The molecule has 2 aromatic rings. The minimum absolute atomic E-state index is 0.0106. The largest absolute Gasteiger partial charge is 0.478 e. The Labute approximate surface area is 126 Å². The molecule has 0 saturated carbocycles. The highest BCUT2D eigenvalue weighted by molar-refractivity contribution is 7.89. The summed E-state index contributed by atoms with van der Waals surface area (Å²) in [5.41, 5.74) is 0.560. The molecule has 0 aliphatic carbocycles. The van der Waals surface area contributed by atoms with Crippen molar-refractivity contribution in [3.8, 4) is 0 Å². The van der Waals surface area contributed by atoms with Crippen molar-refractivity contribution in [3.05, 3.63) is 46.2 Å².